The van der Waals surface area contributed by atoms with Crippen LogP contribution in [0.1, 0.15) is 25.3 Å². The first-order chi connectivity index (χ1) is 9.42. The number of pyridine rings is 1. The van der Waals surface area contributed by atoms with Crippen molar-refractivity contribution in [3.63, 3.8) is 0 Å². The molecular formula is C16H23N3. The van der Waals surface area contributed by atoms with Crippen molar-refractivity contribution in [3.05, 3.63) is 42.1 Å². The van der Waals surface area contributed by atoms with Crippen LogP contribution in [-0.4, -0.2) is 24.6 Å². The monoisotopic (exact) mass is 257 g/mol. The number of nitrogens with zero attached hydrogens (tertiary/aromatic N) is 1. The molecule has 0 aliphatic carbocycles. The lowest BCUT2D eigenvalue weighted by molar-refractivity contribution is 0.593. The van der Waals surface area contributed by atoms with Crippen molar-refractivity contribution >= 4 is 10.9 Å². The number of hydrogen-bond donors (Lipinski definition) is 2. The van der Waals surface area contributed by atoms with E-state index in [9.17, 15) is 0 Å². The van der Waals surface area contributed by atoms with Crippen molar-refractivity contribution in [2.24, 2.45) is 0 Å². The summed E-state index contributed by atoms with van der Waals surface area (Å²) in [6.45, 7) is 6.37. The predicted octanol–water partition coefficient (Wildman–Crippen LogP) is 2.71. The molecule has 2 rings (SSSR count). The van der Waals surface area contributed by atoms with Crippen molar-refractivity contribution < 1.29 is 0 Å². The summed E-state index contributed by atoms with van der Waals surface area (Å²) in [5, 5.41) is 8.17. The second-order valence-electron chi connectivity index (χ2n) is 4.77. The van der Waals surface area contributed by atoms with Crippen LogP contribution in [0.2, 0.25) is 0 Å². The van der Waals surface area contributed by atoms with Crippen LogP contribution in [0.4, 0.5) is 0 Å². The van der Waals surface area contributed by atoms with E-state index in [1.807, 2.05) is 12.3 Å². The Morgan fingerprint density at radius 1 is 1.00 bits per heavy atom. The molecular weight excluding hydrogens is 234 g/mol. The van der Waals surface area contributed by atoms with Crippen molar-refractivity contribution in [3.8, 4) is 0 Å². The molecule has 102 valence electrons. The molecule has 0 spiro atoms. The highest BCUT2D eigenvalue weighted by Gasteiger charge is 2.00. The highest BCUT2D eigenvalue weighted by molar-refractivity contribution is 5.81. The fraction of sp³-hybridized carbons (Fsp3) is 0.438. The van der Waals surface area contributed by atoms with E-state index >= 15 is 0 Å². The predicted molar refractivity (Wildman–Crippen MR) is 81.2 cm³/mol. The zero-order valence-electron chi connectivity index (χ0n) is 11.7. The van der Waals surface area contributed by atoms with Gasteiger partial charge in [-0.3, -0.25) is 4.98 Å². The van der Waals surface area contributed by atoms with Crippen LogP contribution in [-0.2, 0) is 6.54 Å². The van der Waals surface area contributed by atoms with E-state index in [4.69, 9.17) is 0 Å². The van der Waals surface area contributed by atoms with Crippen molar-refractivity contribution in [2.75, 3.05) is 19.6 Å². The van der Waals surface area contributed by atoms with Gasteiger partial charge in [0.1, 0.15) is 0 Å². The van der Waals surface area contributed by atoms with Crippen LogP contribution in [0.25, 0.3) is 10.9 Å². The Labute approximate surface area is 115 Å². The van der Waals surface area contributed by atoms with E-state index in [0.717, 1.165) is 31.7 Å². The van der Waals surface area contributed by atoms with Gasteiger partial charge < -0.3 is 10.6 Å². The zero-order chi connectivity index (χ0) is 13.3. The summed E-state index contributed by atoms with van der Waals surface area (Å²) in [6, 6.07) is 10.4. The van der Waals surface area contributed by atoms with Crippen molar-refractivity contribution in [1.29, 1.82) is 0 Å². The maximum absolute atomic E-state index is 4.38. The van der Waals surface area contributed by atoms with E-state index in [0.29, 0.717) is 0 Å². The Hall–Kier alpha value is -1.45. The molecule has 0 aliphatic rings. The van der Waals surface area contributed by atoms with Crippen molar-refractivity contribution in [2.45, 2.75) is 26.3 Å². The summed E-state index contributed by atoms with van der Waals surface area (Å²) < 4.78 is 0. The van der Waals surface area contributed by atoms with Gasteiger partial charge in [-0.1, -0.05) is 25.1 Å². The fourth-order valence-corrected chi connectivity index (χ4v) is 2.17. The molecule has 2 N–H and O–H groups in total. The molecule has 3 heteroatoms. The molecule has 0 amide bonds. The molecule has 0 bridgehead atoms. The third-order valence-electron chi connectivity index (χ3n) is 3.19. The van der Waals surface area contributed by atoms with E-state index in [1.165, 1.54) is 23.8 Å². The fourth-order valence-electron chi connectivity index (χ4n) is 2.17. The quantitative estimate of drug-likeness (QED) is 0.714. The smallest absolute Gasteiger partial charge is 0.0705 e. The third kappa shape index (κ3) is 4.30. The minimum atomic E-state index is 0.914. The Balaban J connectivity index is 1.78. The first-order valence-electron chi connectivity index (χ1n) is 7.16. The molecule has 1 heterocycles. The van der Waals surface area contributed by atoms with Crippen LogP contribution < -0.4 is 10.6 Å². The standard InChI is InChI=1S/C16H23N3/c1-2-9-17-10-5-11-18-13-14-8-12-19-16-7-4-3-6-15(14)16/h3-4,6-8,12,17-18H,2,5,9-11,13H2,1H3. The van der Waals surface area contributed by atoms with Crippen LogP contribution in [0.3, 0.4) is 0 Å². The van der Waals surface area contributed by atoms with E-state index < -0.39 is 0 Å². The van der Waals surface area contributed by atoms with Crippen LogP contribution >= 0.6 is 0 Å². The van der Waals surface area contributed by atoms with E-state index in [1.54, 1.807) is 0 Å². The molecule has 0 fully saturated rings. The minimum absolute atomic E-state index is 0.914. The van der Waals surface area contributed by atoms with Crippen LogP contribution in [0.15, 0.2) is 36.5 Å². The SMILES string of the molecule is CCCNCCCNCc1ccnc2ccccc12. The zero-order valence-corrected chi connectivity index (χ0v) is 11.7. The average Bonchev–Trinajstić information content (AvgIpc) is 2.46. The first kappa shape index (κ1) is 14.0. The van der Waals surface area contributed by atoms with Gasteiger partial charge in [0, 0.05) is 18.1 Å². The number of para-hydroxylation sites is 1. The number of fused-ring (bicyclic) bond motifs is 1. The third-order valence-corrected chi connectivity index (χ3v) is 3.19. The first-order valence-corrected chi connectivity index (χ1v) is 7.16. The Morgan fingerprint density at radius 3 is 2.74 bits per heavy atom. The van der Waals surface area contributed by atoms with Gasteiger partial charge in [-0.05, 0) is 50.2 Å². The number of aromatic nitrogens is 1. The van der Waals surface area contributed by atoms with Crippen molar-refractivity contribution in [1.82, 2.24) is 15.6 Å². The summed E-state index contributed by atoms with van der Waals surface area (Å²) in [6.07, 6.45) is 4.27. The Morgan fingerprint density at radius 2 is 1.84 bits per heavy atom. The molecule has 2 aromatic rings. The molecule has 0 saturated heterocycles. The second-order valence-corrected chi connectivity index (χ2v) is 4.77. The molecule has 0 atom stereocenters. The van der Waals surface area contributed by atoms with E-state index in [-0.39, 0.29) is 0 Å². The van der Waals surface area contributed by atoms with Gasteiger partial charge >= 0.3 is 0 Å². The van der Waals surface area contributed by atoms with Gasteiger partial charge in [0.2, 0.25) is 0 Å². The van der Waals surface area contributed by atoms with E-state index in [2.05, 4.69) is 46.8 Å². The molecule has 19 heavy (non-hydrogen) atoms. The average molecular weight is 257 g/mol. The topological polar surface area (TPSA) is 37.0 Å². The summed E-state index contributed by atoms with van der Waals surface area (Å²) in [5.41, 5.74) is 2.40. The Bertz CT molecular complexity index is 491. The normalized spacial score (nSPS) is 11.0. The largest absolute Gasteiger partial charge is 0.317 e. The molecule has 1 aromatic carbocycles. The minimum Gasteiger partial charge on any atom is -0.317 e. The molecule has 0 unspecified atom stereocenters. The number of rotatable bonds is 8. The summed E-state index contributed by atoms with van der Waals surface area (Å²) in [4.78, 5) is 4.38. The highest BCUT2D eigenvalue weighted by atomic mass is 14.9. The lowest BCUT2D eigenvalue weighted by Crippen LogP contribution is -2.22. The number of benzene rings is 1. The number of nitrogens with one attached hydrogen (secondary N) is 2. The van der Waals surface area contributed by atoms with Crippen LogP contribution in [0.5, 0.6) is 0 Å². The molecule has 0 radical (unpaired) electrons. The molecule has 0 saturated carbocycles. The molecule has 3 nitrogen and oxygen atoms in total. The van der Waals surface area contributed by atoms with Gasteiger partial charge in [0.05, 0.1) is 5.52 Å². The van der Waals surface area contributed by atoms with Gasteiger partial charge in [-0.15, -0.1) is 0 Å². The Kier molecular flexibility index (Phi) is 5.79. The summed E-state index contributed by atoms with van der Waals surface area (Å²) >= 11 is 0. The van der Waals surface area contributed by atoms with Crippen LogP contribution in [0, 0.1) is 0 Å². The number of hydrogen-bond acceptors (Lipinski definition) is 3. The highest BCUT2D eigenvalue weighted by Crippen LogP contribution is 2.15. The van der Waals surface area contributed by atoms with Gasteiger partial charge in [-0.2, -0.15) is 0 Å². The molecule has 1 aromatic heterocycles. The van der Waals surface area contributed by atoms with Gasteiger partial charge in [-0.25, -0.2) is 0 Å². The van der Waals surface area contributed by atoms with Gasteiger partial charge in [0.25, 0.3) is 0 Å². The maximum Gasteiger partial charge on any atom is 0.0705 e. The second kappa shape index (κ2) is 7.87. The summed E-state index contributed by atoms with van der Waals surface area (Å²) in [7, 11) is 0. The summed E-state index contributed by atoms with van der Waals surface area (Å²) in [5.74, 6) is 0. The molecule has 0 aliphatic heterocycles. The lowest BCUT2D eigenvalue weighted by Gasteiger charge is -2.08. The van der Waals surface area contributed by atoms with Gasteiger partial charge in [0.15, 0.2) is 0 Å². The lowest BCUT2D eigenvalue weighted by atomic mass is 10.1. The maximum atomic E-state index is 4.38.